The Hall–Kier alpha value is -3.42. The van der Waals surface area contributed by atoms with Crippen molar-refractivity contribution in [3.8, 4) is 11.5 Å². The number of methoxy groups -OCH3 is 2. The van der Waals surface area contributed by atoms with Crippen LogP contribution in [0.3, 0.4) is 0 Å². The van der Waals surface area contributed by atoms with E-state index in [1.165, 1.54) is 26.4 Å². The lowest BCUT2D eigenvalue weighted by Gasteiger charge is -2.22. The minimum absolute atomic E-state index is 0.0546. The maximum absolute atomic E-state index is 13.2. The maximum Gasteiger partial charge on any atom is 0.317 e. The molecule has 2 aromatic rings. The molecule has 0 aliphatic carbocycles. The van der Waals surface area contributed by atoms with Crippen LogP contribution in [0, 0.1) is 16.0 Å². The average Bonchev–Trinajstić information content (AvgIpc) is 2.73. The molecule has 2 atom stereocenters. The standard InChI is InChI=1S/C21H23NO7/c1-4-29-21(24)19(20(23)15-7-11-17(28-3)12-8-15)18(13-22(25)26)14-5-9-16(27-2)10-6-14/h5-12,18-19H,4,13H2,1-3H3. The van der Waals surface area contributed by atoms with Crippen LogP contribution >= 0.6 is 0 Å². The Morgan fingerprint density at radius 1 is 0.966 bits per heavy atom. The Morgan fingerprint density at radius 2 is 1.48 bits per heavy atom. The highest BCUT2D eigenvalue weighted by atomic mass is 16.6. The van der Waals surface area contributed by atoms with Crippen LogP contribution in [0.15, 0.2) is 48.5 Å². The number of ketones is 1. The van der Waals surface area contributed by atoms with Gasteiger partial charge in [0, 0.05) is 10.5 Å². The fraction of sp³-hybridized carbons (Fsp3) is 0.333. The highest BCUT2D eigenvalue weighted by Crippen LogP contribution is 2.31. The first kappa shape index (κ1) is 21.9. The average molecular weight is 401 g/mol. The smallest absolute Gasteiger partial charge is 0.317 e. The summed E-state index contributed by atoms with van der Waals surface area (Å²) < 4.78 is 15.3. The van der Waals surface area contributed by atoms with Gasteiger partial charge in [0.15, 0.2) is 5.78 Å². The van der Waals surface area contributed by atoms with Crippen molar-refractivity contribution in [1.29, 1.82) is 0 Å². The molecular weight excluding hydrogens is 378 g/mol. The molecule has 8 heteroatoms. The van der Waals surface area contributed by atoms with Crippen LogP contribution in [0.4, 0.5) is 0 Å². The van der Waals surface area contributed by atoms with Gasteiger partial charge in [0.05, 0.1) is 26.7 Å². The van der Waals surface area contributed by atoms with Crippen molar-refractivity contribution in [2.75, 3.05) is 27.4 Å². The number of hydrogen-bond acceptors (Lipinski definition) is 7. The van der Waals surface area contributed by atoms with Gasteiger partial charge in [0.25, 0.3) is 0 Å². The lowest BCUT2D eigenvalue weighted by molar-refractivity contribution is -0.484. The third-order valence-corrected chi connectivity index (χ3v) is 4.49. The van der Waals surface area contributed by atoms with Crippen molar-refractivity contribution >= 4 is 11.8 Å². The fourth-order valence-electron chi connectivity index (χ4n) is 3.04. The number of hydrogen-bond donors (Lipinski definition) is 0. The van der Waals surface area contributed by atoms with E-state index in [0.717, 1.165) is 0 Å². The summed E-state index contributed by atoms with van der Waals surface area (Å²) in [5.74, 6) is -2.59. The number of Topliss-reactive ketones (excluding diaryl/α,β-unsaturated/α-hetero) is 1. The molecule has 0 aliphatic heterocycles. The molecule has 0 radical (unpaired) electrons. The molecule has 0 heterocycles. The second-order valence-corrected chi connectivity index (χ2v) is 6.22. The zero-order valence-electron chi connectivity index (χ0n) is 16.5. The molecular formula is C21H23NO7. The van der Waals surface area contributed by atoms with Crippen LogP contribution in [-0.4, -0.2) is 44.0 Å². The molecule has 0 aromatic heterocycles. The van der Waals surface area contributed by atoms with Crippen molar-refractivity contribution in [2.45, 2.75) is 12.8 Å². The van der Waals surface area contributed by atoms with E-state index < -0.39 is 35.1 Å². The van der Waals surface area contributed by atoms with Crippen molar-refractivity contribution < 1.29 is 28.7 Å². The van der Waals surface area contributed by atoms with Gasteiger partial charge in [-0.1, -0.05) is 12.1 Å². The molecule has 2 aromatic carbocycles. The molecule has 0 saturated heterocycles. The summed E-state index contributed by atoms with van der Waals surface area (Å²) in [6.45, 7) is 1.07. The predicted molar refractivity (Wildman–Crippen MR) is 105 cm³/mol. The van der Waals surface area contributed by atoms with Gasteiger partial charge >= 0.3 is 5.97 Å². The van der Waals surface area contributed by atoms with Crippen LogP contribution in [-0.2, 0) is 9.53 Å². The van der Waals surface area contributed by atoms with Gasteiger partial charge < -0.3 is 14.2 Å². The number of ether oxygens (including phenoxy) is 3. The Bertz CT molecular complexity index is 846. The first-order chi connectivity index (χ1) is 13.9. The van der Waals surface area contributed by atoms with Crippen LogP contribution in [0.1, 0.15) is 28.8 Å². The summed E-state index contributed by atoms with van der Waals surface area (Å²) in [4.78, 5) is 36.7. The van der Waals surface area contributed by atoms with E-state index in [9.17, 15) is 19.7 Å². The monoisotopic (exact) mass is 401 g/mol. The summed E-state index contributed by atoms with van der Waals surface area (Å²) in [6, 6.07) is 12.7. The van der Waals surface area contributed by atoms with E-state index in [1.807, 2.05) is 0 Å². The number of nitro groups is 1. The zero-order chi connectivity index (χ0) is 21.4. The van der Waals surface area contributed by atoms with E-state index in [0.29, 0.717) is 17.1 Å². The van der Waals surface area contributed by atoms with E-state index in [2.05, 4.69) is 0 Å². The Morgan fingerprint density at radius 3 is 1.93 bits per heavy atom. The molecule has 0 saturated carbocycles. The van der Waals surface area contributed by atoms with Crippen LogP contribution in [0.25, 0.3) is 0 Å². The van der Waals surface area contributed by atoms with Crippen LogP contribution in [0.2, 0.25) is 0 Å². The van der Waals surface area contributed by atoms with E-state index >= 15 is 0 Å². The van der Waals surface area contributed by atoms with Crippen LogP contribution in [0.5, 0.6) is 11.5 Å². The van der Waals surface area contributed by atoms with Crippen molar-refractivity contribution in [3.05, 3.63) is 69.8 Å². The molecule has 0 spiro atoms. The Labute approximate surface area is 168 Å². The number of esters is 1. The highest BCUT2D eigenvalue weighted by molar-refractivity contribution is 6.09. The lowest BCUT2D eigenvalue weighted by atomic mass is 9.81. The van der Waals surface area contributed by atoms with Gasteiger partial charge in [0.1, 0.15) is 17.4 Å². The molecule has 154 valence electrons. The van der Waals surface area contributed by atoms with E-state index in [4.69, 9.17) is 14.2 Å². The SMILES string of the molecule is CCOC(=O)C(C(=O)c1ccc(OC)cc1)C(C[N+](=O)[O-])c1ccc(OC)cc1. The summed E-state index contributed by atoms with van der Waals surface area (Å²) in [6.07, 6.45) is 0. The Kier molecular flexibility index (Phi) is 7.70. The Balaban J connectivity index is 2.49. The number of rotatable bonds is 10. The molecule has 0 fully saturated rings. The zero-order valence-corrected chi connectivity index (χ0v) is 16.5. The maximum atomic E-state index is 13.2. The van der Waals surface area contributed by atoms with Crippen LogP contribution < -0.4 is 9.47 Å². The number of nitrogens with zero attached hydrogens (tertiary/aromatic N) is 1. The van der Waals surface area contributed by atoms with Gasteiger partial charge in [-0.2, -0.15) is 0 Å². The van der Waals surface area contributed by atoms with Gasteiger partial charge in [0.2, 0.25) is 6.54 Å². The molecule has 8 nitrogen and oxygen atoms in total. The number of carbonyl (C=O) groups is 2. The van der Waals surface area contributed by atoms with Gasteiger partial charge in [-0.05, 0) is 48.9 Å². The molecule has 0 aliphatic rings. The largest absolute Gasteiger partial charge is 0.497 e. The van der Waals surface area contributed by atoms with E-state index in [-0.39, 0.29) is 12.2 Å². The summed E-state index contributed by atoms with van der Waals surface area (Å²) in [5.41, 5.74) is 0.716. The van der Waals surface area contributed by atoms with Gasteiger partial charge in [-0.15, -0.1) is 0 Å². The normalized spacial score (nSPS) is 12.5. The second-order valence-electron chi connectivity index (χ2n) is 6.22. The molecule has 2 unspecified atom stereocenters. The minimum Gasteiger partial charge on any atom is -0.497 e. The first-order valence-electron chi connectivity index (χ1n) is 9.01. The first-order valence-corrected chi connectivity index (χ1v) is 9.01. The van der Waals surface area contributed by atoms with E-state index in [1.54, 1.807) is 43.3 Å². The third kappa shape index (κ3) is 5.54. The molecule has 0 amide bonds. The summed E-state index contributed by atoms with van der Waals surface area (Å²) in [7, 11) is 2.99. The third-order valence-electron chi connectivity index (χ3n) is 4.49. The number of carbonyl (C=O) groups excluding carboxylic acids is 2. The molecule has 29 heavy (non-hydrogen) atoms. The van der Waals surface area contributed by atoms with Crippen molar-refractivity contribution in [2.24, 2.45) is 5.92 Å². The summed E-state index contributed by atoms with van der Waals surface area (Å²) >= 11 is 0. The molecule has 2 rings (SSSR count). The summed E-state index contributed by atoms with van der Waals surface area (Å²) in [5, 5.41) is 11.3. The van der Waals surface area contributed by atoms with Gasteiger partial charge in [-0.3, -0.25) is 19.7 Å². The topological polar surface area (TPSA) is 105 Å². The number of benzene rings is 2. The van der Waals surface area contributed by atoms with Gasteiger partial charge in [-0.25, -0.2) is 0 Å². The van der Waals surface area contributed by atoms with Crippen molar-refractivity contribution in [1.82, 2.24) is 0 Å². The lowest BCUT2D eigenvalue weighted by Crippen LogP contribution is -2.35. The molecule has 0 N–H and O–H groups in total. The predicted octanol–water partition coefficient (Wildman–Crippen LogP) is 3.13. The quantitative estimate of drug-likeness (QED) is 0.198. The highest BCUT2D eigenvalue weighted by Gasteiger charge is 2.40. The fourth-order valence-corrected chi connectivity index (χ4v) is 3.04. The second kappa shape index (κ2) is 10.2. The molecule has 0 bridgehead atoms. The van der Waals surface area contributed by atoms with Crippen molar-refractivity contribution in [3.63, 3.8) is 0 Å². The minimum atomic E-state index is -1.36.